The lowest BCUT2D eigenvalue weighted by atomic mass is 9.75. The molecule has 1 heterocycles. The lowest BCUT2D eigenvalue weighted by Crippen LogP contribution is -2.39. The van der Waals surface area contributed by atoms with E-state index in [0.29, 0.717) is 17.9 Å². The van der Waals surface area contributed by atoms with Crippen molar-refractivity contribution in [3.63, 3.8) is 0 Å². The Balaban J connectivity index is 2.92. The van der Waals surface area contributed by atoms with Crippen molar-refractivity contribution in [2.75, 3.05) is 13.7 Å². The first-order valence-electron chi connectivity index (χ1n) is 9.44. The van der Waals surface area contributed by atoms with Gasteiger partial charge < -0.3 is 15.2 Å². The van der Waals surface area contributed by atoms with Crippen molar-refractivity contribution in [2.45, 2.75) is 32.8 Å². The van der Waals surface area contributed by atoms with Crippen LogP contribution in [0.1, 0.15) is 43.1 Å². The van der Waals surface area contributed by atoms with Crippen molar-refractivity contribution in [3.8, 4) is 0 Å². The number of carbonyl (C=O) groups is 1. The highest BCUT2D eigenvalue weighted by Gasteiger charge is 2.45. The van der Waals surface area contributed by atoms with Crippen molar-refractivity contribution in [1.82, 2.24) is 0 Å². The molecule has 4 nitrogen and oxygen atoms in total. The third-order valence-electron chi connectivity index (χ3n) is 4.96. The van der Waals surface area contributed by atoms with E-state index in [1.54, 1.807) is 19.3 Å². The molecule has 0 saturated carbocycles. The van der Waals surface area contributed by atoms with Crippen molar-refractivity contribution in [1.29, 1.82) is 0 Å². The van der Waals surface area contributed by atoms with Gasteiger partial charge in [-0.3, -0.25) is 4.79 Å². The molecule has 1 aromatic carbocycles. The number of hydrogen-bond donors (Lipinski definition) is 1. The third-order valence-corrected chi connectivity index (χ3v) is 4.96. The Morgan fingerprint density at radius 2 is 2.07 bits per heavy atom. The second-order valence-corrected chi connectivity index (χ2v) is 6.57. The minimum atomic E-state index is -0.957. The van der Waals surface area contributed by atoms with E-state index >= 15 is 0 Å². The van der Waals surface area contributed by atoms with E-state index in [4.69, 9.17) is 15.2 Å². The topological polar surface area (TPSA) is 61.6 Å². The minimum Gasteiger partial charge on any atom is -0.489 e. The molecule has 1 atom stereocenters. The van der Waals surface area contributed by atoms with Gasteiger partial charge in [-0.15, -0.1) is 0 Å². The van der Waals surface area contributed by atoms with Crippen LogP contribution < -0.4 is 5.73 Å². The minimum absolute atomic E-state index is 0.329. The Kier molecular flexibility index (Phi) is 7.59. The maximum absolute atomic E-state index is 11.8. The Hall–Kier alpha value is -2.85. The molecule has 4 heteroatoms. The molecule has 0 fully saturated rings. The summed E-state index contributed by atoms with van der Waals surface area (Å²) in [6.07, 6.45) is 13.0. The number of carbonyl (C=O) groups excluding carboxylic acids is 1. The molecule has 0 saturated heterocycles. The summed E-state index contributed by atoms with van der Waals surface area (Å²) in [5.74, 6) is 0.622. The predicted octanol–water partition coefficient (Wildman–Crippen LogP) is 4.96. The third kappa shape index (κ3) is 4.02. The summed E-state index contributed by atoms with van der Waals surface area (Å²) >= 11 is 0. The van der Waals surface area contributed by atoms with Gasteiger partial charge in [0.2, 0.25) is 0 Å². The van der Waals surface area contributed by atoms with Gasteiger partial charge in [-0.2, -0.15) is 0 Å². The van der Waals surface area contributed by atoms with Gasteiger partial charge >= 0.3 is 0 Å². The fraction of sp³-hybridized carbons (Fsp3) is 0.292. The molecule has 0 aromatic heterocycles. The number of rotatable bonds is 7. The molecule has 0 bridgehead atoms. The van der Waals surface area contributed by atoms with Gasteiger partial charge in [-0.25, -0.2) is 0 Å². The van der Waals surface area contributed by atoms with Gasteiger partial charge in [0.1, 0.15) is 24.3 Å². The monoisotopic (exact) mass is 379 g/mol. The molecular weight excluding hydrogens is 350 g/mol. The normalized spacial score (nSPS) is 22.3. The number of ether oxygens (including phenoxy) is 2. The highest BCUT2D eigenvalue weighted by atomic mass is 16.5. The summed E-state index contributed by atoms with van der Waals surface area (Å²) in [6, 6.07) is 7.49. The van der Waals surface area contributed by atoms with Crippen molar-refractivity contribution in [3.05, 3.63) is 94.5 Å². The van der Waals surface area contributed by atoms with Crippen LogP contribution in [-0.4, -0.2) is 20.0 Å². The van der Waals surface area contributed by atoms with Crippen LogP contribution in [0.2, 0.25) is 0 Å². The zero-order chi connectivity index (χ0) is 20.6. The molecule has 1 aliphatic rings. The Morgan fingerprint density at radius 1 is 1.32 bits per heavy atom. The first kappa shape index (κ1) is 21.5. The molecular formula is C24H29NO3. The zero-order valence-corrected chi connectivity index (χ0v) is 17.1. The van der Waals surface area contributed by atoms with Crippen LogP contribution in [0.15, 0.2) is 83.3 Å². The highest BCUT2D eigenvalue weighted by Crippen LogP contribution is 2.47. The van der Waals surface area contributed by atoms with E-state index in [9.17, 15) is 4.79 Å². The summed E-state index contributed by atoms with van der Waals surface area (Å²) in [7, 11) is 1.66. The van der Waals surface area contributed by atoms with E-state index in [-0.39, 0.29) is 0 Å². The number of nitrogens with two attached hydrogens (primary N) is 1. The van der Waals surface area contributed by atoms with Crippen LogP contribution in [0, 0.1) is 0 Å². The first-order valence-corrected chi connectivity index (χ1v) is 9.44. The predicted molar refractivity (Wildman–Crippen MR) is 114 cm³/mol. The highest BCUT2D eigenvalue weighted by molar-refractivity contribution is 5.79. The maximum atomic E-state index is 11.8. The SMILES string of the molecule is C/C=C\C1=C(/C=C/N)OC/C(=C\C=C(\C)CC)C1(OC)c1ccccc1C=O. The Labute approximate surface area is 167 Å². The number of allylic oxidation sites excluding steroid dienone is 5. The molecule has 1 aromatic rings. The fourth-order valence-electron chi connectivity index (χ4n) is 3.39. The van der Waals surface area contributed by atoms with Crippen LogP contribution in [0.4, 0.5) is 0 Å². The summed E-state index contributed by atoms with van der Waals surface area (Å²) in [4.78, 5) is 11.8. The largest absolute Gasteiger partial charge is 0.489 e. The van der Waals surface area contributed by atoms with E-state index in [1.165, 1.54) is 11.8 Å². The quantitative estimate of drug-likeness (QED) is 0.681. The van der Waals surface area contributed by atoms with Gasteiger partial charge in [0.05, 0.1) is 0 Å². The first-order chi connectivity index (χ1) is 13.6. The van der Waals surface area contributed by atoms with E-state index in [2.05, 4.69) is 19.9 Å². The number of benzene rings is 1. The standard InChI is InChI=1S/C24H29NO3/c1-5-9-22-23(14-15-25)28-17-20(13-12-18(3)6-2)24(22,27-4)21-11-8-7-10-19(21)16-26/h5,7-16H,6,17,25H2,1-4H3/b9-5-,15-14+,18-12-,20-13+. The summed E-state index contributed by atoms with van der Waals surface area (Å²) in [5, 5.41) is 0. The molecule has 0 amide bonds. The second kappa shape index (κ2) is 9.90. The molecule has 148 valence electrons. The molecule has 1 unspecified atom stereocenters. The smallest absolute Gasteiger partial charge is 0.150 e. The van der Waals surface area contributed by atoms with E-state index in [0.717, 1.165) is 29.4 Å². The van der Waals surface area contributed by atoms with Crippen molar-refractivity contribution >= 4 is 6.29 Å². The van der Waals surface area contributed by atoms with Crippen LogP contribution in [0.3, 0.4) is 0 Å². The number of hydrogen-bond acceptors (Lipinski definition) is 4. The van der Waals surface area contributed by atoms with Crippen LogP contribution in [0.5, 0.6) is 0 Å². The lowest BCUT2D eigenvalue weighted by Gasteiger charge is -2.41. The van der Waals surface area contributed by atoms with Crippen molar-refractivity contribution < 1.29 is 14.3 Å². The van der Waals surface area contributed by atoms with Gasteiger partial charge in [-0.1, -0.05) is 61.1 Å². The summed E-state index contributed by atoms with van der Waals surface area (Å²) in [6.45, 7) is 6.46. The van der Waals surface area contributed by atoms with Gasteiger partial charge in [0.25, 0.3) is 0 Å². The van der Waals surface area contributed by atoms with Crippen LogP contribution >= 0.6 is 0 Å². The molecule has 2 rings (SSSR count). The molecule has 0 radical (unpaired) electrons. The van der Waals surface area contributed by atoms with Gasteiger partial charge in [0, 0.05) is 29.4 Å². The molecule has 28 heavy (non-hydrogen) atoms. The summed E-state index contributed by atoms with van der Waals surface area (Å²) < 4.78 is 12.2. The molecule has 2 N–H and O–H groups in total. The van der Waals surface area contributed by atoms with E-state index < -0.39 is 5.60 Å². The Bertz CT molecular complexity index is 858. The average Bonchev–Trinajstić information content (AvgIpc) is 2.73. The van der Waals surface area contributed by atoms with Crippen molar-refractivity contribution in [2.24, 2.45) is 5.73 Å². The fourth-order valence-corrected chi connectivity index (χ4v) is 3.39. The summed E-state index contributed by atoms with van der Waals surface area (Å²) in [5.41, 5.74) is 9.01. The average molecular weight is 380 g/mol. The van der Waals surface area contributed by atoms with E-state index in [1.807, 2.05) is 43.4 Å². The number of aldehydes is 1. The lowest BCUT2D eigenvalue weighted by molar-refractivity contribution is 0.0238. The second-order valence-electron chi connectivity index (χ2n) is 6.57. The Morgan fingerprint density at radius 3 is 2.68 bits per heavy atom. The maximum Gasteiger partial charge on any atom is 0.150 e. The molecule has 0 aliphatic carbocycles. The number of methoxy groups -OCH3 is 1. The molecule has 1 aliphatic heterocycles. The van der Waals surface area contributed by atoms with Gasteiger partial charge in [-0.05, 0) is 32.5 Å². The van der Waals surface area contributed by atoms with Gasteiger partial charge in [0.15, 0.2) is 0 Å². The molecule has 0 spiro atoms. The van der Waals surface area contributed by atoms with Crippen LogP contribution in [-0.2, 0) is 15.1 Å². The van der Waals surface area contributed by atoms with Crippen LogP contribution in [0.25, 0.3) is 0 Å². The zero-order valence-electron chi connectivity index (χ0n) is 17.1.